The number of hydrogen-bond acceptors (Lipinski definition) is 10. The average Bonchev–Trinajstić information content (AvgIpc) is 2.87. The Labute approximate surface area is 226 Å². The van der Waals surface area contributed by atoms with Crippen LogP contribution in [-0.2, 0) is 38.1 Å². The number of ether oxygens (including phenoxy) is 4. The summed E-state index contributed by atoms with van der Waals surface area (Å²) in [6, 6.07) is -3.79. The number of urea groups is 1. The van der Waals surface area contributed by atoms with E-state index in [9.17, 15) is 29.1 Å². The number of nitrogens with two attached hydrogens (primary N) is 1. The van der Waals surface area contributed by atoms with Crippen molar-refractivity contribution in [3.8, 4) is 0 Å². The van der Waals surface area contributed by atoms with Gasteiger partial charge in [0, 0.05) is 25.9 Å². The van der Waals surface area contributed by atoms with Gasteiger partial charge in [0.25, 0.3) is 0 Å². The predicted octanol–water partition coefficient (Wildman–Crippen LogP) is -1.24. The number of rotatable bonds is 26. The van der Waals surface area contributed by atoms with Crippen LogP contribution in [0.2, 0.25) is 0 Å². The molecule has 0 radical (unpaired) electrons. The molecule has 16 nitrogen and oxygen atoms in total. The number of unbranched alkanes of at least 4 members (excludes halogenated alkanes) is 1. The van der Waals surface area contributed by atoms with E-state index in [4.69, 9.17) is 34.9 Å². The molecule has 8 N–H and O–H groups in total. The quantitative estimate of drug-likeness (QED) is 0.0606. The molecule has 0 unspecified atom stereocenters. The Balaban J connectivity index is 3.86. The van der Waals surface area contributed by atoms with Crippen molar-refractivity contribution in [2.24, 2.45) is 5.73 Å². The lowest BCUT2D eigenvalue weighted by Crippen LogP contribution is -2.51. The summed E-state index contributed by atoms with van der Waals surface area (Å²) in [5.41, 5.74) is 5.29. The van der Waals surface area contributed by atoms with E-state index >= 15 is 0 Å². The number of nitrogens with one attached hydrogen (secondary N) is 3. The van der Waals surface area contributed by atoms with Crippen molar-refractivity contribution in [1.29, 1.82) is 0 Å². The smallest absolute Gasteiger partial charge is 0.326 e. The molecule has 0 bridgehead atoms. The molecule has 0 rings (SSSR count). The van der Waals surface area contributed by atoms with Crippen LogP contribution in [0.5, 0.6) is 0 Å². The molecule has 3 amide bonds. The second-order valence-electron chi connectivity index (χ2n) is 8.17. The first-order chi connectivity index (χ1) is 18.7. The van der Waals surface area contributed by atoms with Crippen LogP contribution in [0.3, 0.4) is 0 Å². The summed E-state index contributed by atoms with van der Waals surface area (Å²) in [6.07, 6.45) is 0.175. The van der Waals surface area contributed by atoms with Gasteiger partial charge >= 0.3 is 23.9 Å². The van der Waals surface area contributed by atoms with Crippen molar-refractivity contribution < 1.29 is 58.2 Å². The van der Waals surface area contributed by atoms with Gasteiger partial charge < -0.3 is 56.0 Å². The average molecular weight is 567 g/mol. The van der Waals surface area contributed by atoms with Gasteiger partial charge in [-0.1, -0.05) is 0 Å². The van der Waals surface area contributed by atoms with Gasteiger partial charge in [0.2, 0.25) is 5.91 Å². The molecule has 0 aliphatic heterocycles. The first-order valence-corrected chi connectivity index (χ1v) is 12.7. The molecule has 0 saturated heterocycles. The Bertz CT molecular complexity index is 725. The second-order valence-corrected chi connectivity index (χ2v) is 8.17. The summed E-state index contributed by atoms with van der Waals surface area (Å²) in [6.45, 7) is 3.99. The van der Waals surface area contributed by atoms with Crippen LogP contribution < -0.4 is 21.7 Å². The topological polar surface area (TPSA) is 245 Å². The maximum absolute atomic E-state index is 12.0. The van der Waals surface area contributed by atoms with Gasteiger partial charge in [-0.25, -0.2) is 14.4 Å². The highest BCUT2D eigenvalue weighted by atomic mass is 16.6. The van der Waals surface area contributed by atoms with Crippen molar-refractivity contribution in [3.05, 3.63) is 0 Å². The molecule has 0 aromatic rings. The lowest BCUT2D eigenvalue weighted by Gasteiger charge is -2.18. The van der Waals surface area contributed by atoms with Gasteiger partial charge in [-0.05, 0) is 25.7 Å². The van der Waals surface area contributed by atoms with Crippen molar-refractivity contribution >= 4 is 29.8 Å². The predicted molar refractivity (Wildman–Crippen MR) is 135 cm³/mol. The summed E-state index contributed by atoms with van der Waals surface area (Å²) in [7, 11) is 0. The third-order valence-corrected chi connectivity index (χ3v) is 4.95. The van der Waals surface area contributed by atoms with E-state index < -0.39 is 42.4 Å². The molecule has 0 saturated carbocycles. The zero-order valence-corrected chi connectivity index (χ0v) is 22.1. The lowest BCUT2D eigenvalue weighted by molar-refractivity contribution is -0.140. The molecule has 0 aliphatic rings. The van der Waals surface area contributed by atoms with Gasteiger partial charge in [0.1, 0.15) is 12.1 Å². The number of aliphatic carboxylic acids is 3. The van der Waals surface area contributed by atoms with Crippen molar-refractivity contribution in [2.75, 3.05) is 65.9 Å². The Morgan fingerprint density at radius 2 is 1.13 bits per heavy atom. The largest absolute Gasteiger partial charge is 0.481 e. The molecule has 0 spiro atoms. The fourth-order valence-electron chi connectivity index (χ4n) is 2.94. The highest BCUT2D eigenvalue weighted by molar-refractivity contribution is 5.86. The van der Waals surface area contributed by atoms with Gasteiger partial charge in [0.05, 0.1) is 52.9 Å². The minimum atomic E-state index is -1.47. The zero-order chi connectivity index (χ0) is 29.3. The SMILES string of the molecule is NCCOCCOCCOCCOCCC(=O)NCCCC[C@H](NC(=O)N[C@@H](CCC(=O)O)C(=O)O)C(=O)O. The van der Waals surface area contributed by atoms with Crippen LogP contribution >= 0.6 is 0 Å². The van der Waals surface area contributed by atoms with Crippen LogP contribution in [0.25, 0.3) is 0 Å². The summed E-state index contributed by atoms with van der Waals surface area (Å²) in [5.74, 6) is -4.20. The fraction of sp³-hybridized carbons (Fsp3) is 0.783. The van der Waals surface area contributed by atoms with Crippen LogP contribution in [0.4, 0.5) is 4.79 Å². The number of amides is 3. The Morgan fingerprint density at radius 3 is 1.62 bits per heavy atom. The Kier molecular flexibility index (Phi) is 22.1. The van der Waals surface area contributed by atoms with E-state index in [1.165, 1.54) is 0 Å². The number of hydrogen-bond donors (Lipinski definition) is 7. The summed E-state index contributed by atoms with van der Waals surface area (Å²) in [5, 5.41) is 33.9. The number of carbonyl (C=O) groups is 5. The molecule has 226 valence electrons. The number of carboxylic acids is 3. The van der Waals surface area contributed by atoms with Crippen molar-refractivity contribution in [3.63, 3.8) is 0 Å². The Hall–Kier alpha value is -3.05. The normalized spacial score (nSPS) is 12.3. The minimum absolute atomic E-state index is 0.0434. The molecule has 39 heavy (non-hydrogen) atoms. The molecular formula is C23H42N4O12. The van der Waals surface area contributed by atoms with E-state index in [-0.39, 0.29) is 31.8 Å². The summed E-state index contributed by atoms with van der Waals surface area (Å²) in [4.78, 5) is 57.0. The van der Waals surface area contributed by atoms with E-state index in [1.807, 2.05) is 0 Å². The monoisotopic (exact) mass is 566 g/mol. The van der Waals surface area contributed by atoms with Crippen LogP contribution in [0.1, 0.15) is 38.5 Å². The third kappa shape index (κ3) is 22.6. The maximum Gasteiger partial charge on any atom is 0.326 e. The van der Waals surface area contributed by atoms with Crippen molar-refractivity contribution in [1.82, 2.24) is 16.0 Å². The van der Waals surface area contributed by atoms with E-state index in [0.717, 1.165) is 0 Å². The Morgan fingerprint density at radius 1 is 0.641 bits per heavy atom. The fourth-order valence-corrected chi connectivity index (χ4v) is 2.94. The molecule has 0 aliphatic carbocycles. The van der Waals surface area contributed by atoms with Crippen LogP contribution in [0.15, 0.2) is 0 Å². The molecule has 16 heteroatoms. The van der Waals surface area contributed by atoms with E-state index in [1.54, 1.807) is 0 Å². The van der Waals surface area contributed by atoms with Gasteiger partial charge in [-0.3, -0.25) is 9.59 Å². The second kappa shape index (κ2) is 24.0. The lowest BCUT2D eigenvalue weighted by atomic mass is 10.1. The van der Waals surface area contributed by atoms with E-state index in [0.29, 0.717) is 72.2 Å². The zero-order valence-electron chi connectivity index (χ0n) is 22.1. The molecule has 2 atom stereocenters. The van der Waals surface area contributed by atoms with Gasteiger partial charge in [-0.15, -0.1) is 0 Å². The van der Waals surface area contributed by atoms with Gasteiger partial charge in [-0.2, -0.15) is 0 Å². The van der Waals surface area contributed by atoms with E-state index in [2.05, 4.69) is 16.0 Å². The van der Waals surface area contributed by atoms with Gasteiger partial charge in [0.15, 0.2) is 0 Å². The molecular weight excluding hydrogens is 524 g/mol. The highest BCUT2D eigenvalue weighted by Crippen LogP contribution is 2.03. The number of carbonyl (C=O) groups excluding carboxylic acids is 2. The molecule has 0 aromatic carbocycles. The molecule has 0 heterocycles. The van der Waals surface area contributed by atoms with Crippen LogP contribution in [-0.4, -0.2) is 123 Å². The van der Waals surface area contributed by atoms with Crippen molar-refractivity contribution in [2.45, 2.75) is 50.6 Å². The minimum Gasteiger partial charge on any atom is -0.481 e. The summed E-state index contributed by atoms with van der Waals surface area (Å²) >= 11 is 0. The number of carboxylic acid groups (broad SMARTS) is 3. The first-order valence-electron chi connectivity index (χ1n) is 12.7. The first kappa shape index (κ1) is 35.9. The highest BCUT2D eigenvalue weighted by Gasteiger charge is 2.24. The molecule has 0 aromatic heterocycles. The third-order valence-electron chi connectivity index (χ3n) is 4.95. The van der Waals surface area contributed by atoms with Crippen LogP contribution in [0, 0.1) is 0 Å². The molecule has 0 fully saturated rings. The summed E-state index contributed by atoms with van der Waals surface area (Å²) < 4.78 is 21.1. The maximum atomic E-state index is 12.0. The standard InChI is InChI=1S/C23H42N4O12/c24-7-10-37-12-14-39-16-15-38-13-11-36-9-6-19(28)25-8-2-1-3-17(21(31)32)26-23(35)27-18(22(33)34)4-5-20(29)30/h17-18H,1-16,24H2,(H,25,28)(H,29,30)(H,31,32)(H,33,34)(H2,26,27,35)/t17-,18-/m0/s1.